The maximum Gasteiger partial charge on any atom is 0.243 e. The van der Waals surface area contributed by atoms with Gasteiger partial charge in [0.2, 0.25) is 10.0 Å². The van der Waals surface area contributed by atoms with E-state index in [4.69, 9.17) is 18.9 Å². The quantitative estimate of drug-likeness (QED) is 0.454. The Morgan fingerprint density at radius 3 is 2.10 bits per heavy atom. The summed E-state index contributed by atoms with van der Waals surface area (Å²) in [6, 6.07) is 9.29. The van der Waals surface area contributed by atoms with E-state index in [1.807, 2.05) is 0 Å². The van der Waals surface area contributed by atoms with Crippen LogP contribution < -0.4 is 14.2 Å². The van der Waals surface area contributed by atoms with Crippen LogP contribution in [0.15, 0.2) is 47.4 Å². The van der Waals surface area contributed by atoms with E-state index in [1.165, 1.54) is 56.0 Å². The van der Waals surface area contributed by atoms with Gasteiger partial charge in [-0.25, -0.2) is 8.42 Å². The van der Waals surface area contributed by atoms with Crippen molar-refractivity contribution in [3.05, 3.63) is 53.6 Å². The van der Waals surface area contributed by atoms with Crippen LogP contribution in [0.25, 0.3) is 6.08 Å². The zero-order chi connectivity index (χ0) is 22.4. The molecule has 1 aliphatic heterocycles. The predicted octanol–water partition coefficient (Wildman–Crippen LogP) is 2.63. The Bertz CT molecular complexity index is 1060. The SMILES string of the molecule is COc1cc(OC)c(OC)cc1/C=C/C(=O)c1ccc(S(=O)(=O)N2CCOCC2)cc1. The number of ether oxygens (including phenoxy) is 4. The molecule has 31 heavy (non-hydrogen) atoms. The van der Waals surface area contributed by atoms with Gasteiger partial charge in [0.15, 0.2) is 17.3 Å². The highest BCUT2D eigenvalue weighted by Crippen LogP contribution is 2.35. The average molecular weight is 448 g/mol. The molecule has 0 unspecified atom stereocenters. The number of morpholine rings is 1. The molecule has 8 nitrogen and oxygen atoms in total. The minimum atomic E-state index is -3.60. The number of carbonyl (C=O) groups is 1. The maximum absolute atomic E-state index is 12.7. The van der Waals surface area contributed by atoms with Gasteiger partial charge in [0.1, 0.15) is 5.75 Å². The summed E-state index contributed by atoms with van der Waals surface area (Å²) in [4.78, 5) is 12.7. The van der Waals surface area contributed by atoms with Crippen LogP contribution in [0.2, 0.25) is 0 Å². The Labute approximate surface area is 182 Å². The van der Waals surface area contributed by atoms with E-state index in [0.717, 1.165) is 0 Å². The molecular formula is C22H25NO7S. The van der Waals surface area contributed by atoms with Gasteiger partial charge in [-0.2, -0.15) is 4.31 Å². The number of methoxy groups -OCH3 is 3. The molecule has 1 saturated heterocycles. The fourth-order valence-corrected chi connectivity index (χ4v) is 4.58. The minimum absolute atomic E-state index is 0.150. The third-order valence-corrected chi connectivity index (χ3v) is 6.81. The zero-order valence-electron chi connectivity index (χ0n) is 17.7. The predicted molar refractivity (Wildman–Crippen MR) is 115 cm³/mol. The molecule has 3 rings (SSSR count). The van der Waals surface area contributed by atoms with Crippen LogP contribution in [-0.4, -0.2) is 66.1 Å². The molecule has 0 saturated carbocycles. The van der Waals surface area contributed by atoms with Crippen molar-refractivity contribution in [3.8, 4) is 17.2 Å². The Kier molecular flexibility index (Phi) is 7.32. The zero-order valence-corrected chi connectivity index (χ0v) is 18.5. The van der Waals surface area contributed by atoms with Crippen molar-refractivity contribution in [2.24, 2.45) is 0 Å². The number of sulfonamides is 1. The second kappa shape index (κ2) is 9.95. The van der Waals surface area contributed by atoms with Crippen molar-refractivity contribution in [2.75, 3.05) is 47.6 Å². The molecule has 0 atom stereocenters. The number of nitrogens with zero attached hydrogens (tertiary/aromatic N) is 1. The first kappa shape index (κ1) is 22.8. The van der Waals surface area contributed by atoms with Crippen molar-refractivity contribution in [3.63, 3.8) is 0 Å². The molecule has 2 aromatic rings. The van der Waals surface area contributed by atoms with Crippen molar-refractivity contribution >= 4 is 21.9 Å². The molecule has 0 spiro atoms. The van der Waals surface area contributed by atoms with Crippen molar-refractivity contribution in [1.82, 2.24) is 4.31 Å². The smallest absolute Gasteiger partial charge is 0.243 e. The van der Waals surface area contributed by atoms with Crippen molar-refractivity contribution in [1.29, 1.82) is 0 Å². The molecule has 1 heterocycles. The molecule has 0 bridgehead atoms. The van der Waals surface area contributed by atoms with Crippen LogP contribution in [0.5, 0.6) is 17.2 Å². The lowest BCUT2D eigenvalue weighted by Crippen LogP contribution is -2.40. The molecule has 0 amide bonds. The van der Waals surface area contributed by atoms with Gasteiger partial charge in [-0.15, -0.1) is 0 Å². The molecule has 0 N–H and O–H groups in total. The number of allylic oxidation sites excluding steroid dienone is 1. The van der Waals surface area contributed by atoms with Gasteiger partial charge in [0.25, 0.3) is 0 Å². The van der Waals surface area contributed by atoms with Crippen molar-refractivity contribution in [2.45, 2.75) is 4.90 Å². The summed E-state index contributed by atoms with van der Waals surface area (Å²) in [7, 11) is 0.971. The maximum atomic E-state index is 12.7. The van der Waals surface area contributed by atoms with Crippen molar-refractivity contribution < 1.29 is 32.2 Å². The molecule has 1 aliphatic rings. The monoisotopic (exact) mass is 447 g/mol. The Balaban J connectivity index is 1.79. The largest absolute Gasteiger partial charge is 0.496 e. The summed E-state index contributed by atoms with van der Waals surface area (Å²) in [5.74, 6) is 1.27. The topological polar surface area (TPSA) is 91.4 Å². The van der Waals surface area contributed by atoms with Gasteiger partial charge in [-0.3, -0.25) is 4.79 Å². The van der Waals surface area contributed by atoms with Crippen LogP contribution in [0.4, 0.5) is 0 Å². The number of ketones is 1. The van der Waals surface area contributed by atoms with Gasteiger partial charge in [0, 0.05) is 30.3 Å². The molecule has 0 aromatic heterocycles. The van der Waals surface area contributed by atoms with Gasteiger partial charge >= 0.3 is 0 Å². The highest BCUT2D eigenvalue weighted by atomic mass is 32.2. The fraction of sp³-hybridized carbons (Fsp3) is 0.318. The molecular weight excluding hydrogens is 422 g/mol. The van der Waals surface area contributed by atoms with Gasteiger partial charge in [-0.05, 0) is 42.5 Å². The van der Waals surface area contributed by atoms with Crippen LogP contribution in [0.3, 0.4) is 0 Å². The normalized spacial score (nSPS) is 15.1. The van der Waals surface area contributed by atoms with Gasteiger partial charge < -0.3 is 18.9 Å². The first-order chi connectivity index (χ1) is 14.9. The Hall–Kier alpha value is -2.88. The minimum Gasteiger partial charge on any atom is -0.496 e. The number of benzene rings is 2. The van der Waals surface area contributed by atoms with E-state index in [0.29, 0.717) is 54.7 Å². The lowest BCUT2D eigenvalue weighted by molar-refractivity contribution is 0.0730. The third-order valence-electron chi connectivity index (χ3n) is 4.90. The van der Waals surface area contributed by atoms with E-state index in [2.05, 4.69) is 0 Å². The highest BCUT2D eigenvalue weighted by Gasteiger charge is 2.26. The lowest BCUT2D eigenvalue weighted by Gasteiger charge is -2.26. The molecule has 9 heteroatoms. The standard InChI is InChI=1S/C22H25NO7S/c1-27-20-15-22(29-3)21(28-2)14-17(20)6-9-19(24)16-4-7-18(8-5-16)31(25,26)23-10-12-30-13-11-23/h4-9,14-15H,10-13H2,1-3H3/b9-6+. The van der Waals surface area contributed by atoms with E-state index in [-0.39, 0.29) is 10.7 Å². The van der Waals surface area contributed by atoms with Crippen LogP contribution in [0, 0.1) is 0 Å². The second-order valence-corrected chi connectivity index (χ2v) is 8.63. The number of hydrogen-bond donors (Lipinski definition) is 0. The lowest BCUT2D eigenvalue weighted by atomic mass is 10.1. The summed E-state index contributed by atoms with van der Waals surface area (Å²) in [5, 5.41) is 0. The van der Waals surface area contributed by atoms with E-state index in [1.54, 1.807) is 18.2 Å². The van der Waals surface area contributed by atoms with Gasteiger partial charge in [-0.1, -0.05) is 0 Å². The molecule has 0 aliphatic carbocycles. The summed E-state index contributed by atoms with van der Waals surface area (Å²) >= 11 is 0. The summed E-state index contributed by atoms with van der Waals surface area (Å²) in [6.07, 6.45) is 3.01. The summed E-state index contributed by atoms with van der Waals surface area (Å²) < 4.78 is 47.9. The van der Waals surface area contributed by atoms with Crippen LogP contribution in [0.1, 0.15) is 15.9 Å². The average Bonchev–Trinajstić information content (AvgIpc) is 2.82. The first-order valence-corrected chi connectivity index (χ1v) is 11.0. The highest BCUT2D eigenvalue weighted by molar-refractivity contribution is 7.89. The van der Waals surface area contributed by atoms with E-state index >= 15 is 0 Å². The van der Waals surface area contributed by atoms with E-state index in [9.17, 15) is 13.2 Å². The molecule has 0 radical (unpaired) electrons. The van der Waals surface area contributed by atoms with Crippen LogP contribution >= 0.6 is 0 Å². The summed E-state index contributed by atoms with van der Waals surface area (Å²) in [5.41, 5.74) is 1.01. The molecule has 2 aromatic carbocycles. The molecule has 166 valence electrons. The number of hydrogen-bond acceptors (Lipinski definition) is 7. The van der Waals surface area contributed by atoms with E-state index < -0.39 is 10.0 Å². The molecule has 1 fully saturated rings. The van der Waals surface area contributed by atoms with Gasteiger partial charge in [0.05, 0.1) is 39.4 Å². The Morgan fingerprint density at radius 1 is 0.935 bits per heavy atom. The first-order valence-electron chi connectivity index (χ1n) is 9.61. The number of rotatable bonds is 8. The fourth-order valence-electron chi connectivity index (χ4n) is 3.17. The summed E-state index contributed by atoms with van der Waals surface area (Å²) in [6.45, 7) is 1.39. The van der Waals surface area contributed by atoms with Crippen LogP contribution in [-0.2, 0) is 14.8 Å². The second-order valence-electron chi connectivity index (χ2n) is 6.69. The number of carbonyl (C=O) groups excluding carboxylic acids is 1. The third kappa shape index (κ3) is 5.07. The Morgan fingerprint density at radius 2 is 1.52 bits per heavy atom.